The summed E-state index contributed by atoms with van der Waals surface area (Å²) in [6, 6.07) is 6.88. The van der Waals surface area contributed by atoms with Gasteiger partial charge in [0.1, 0.15) is 0 Å². The maximum absolute atomic E-state index is 12.2. The fourth-order valence-electron chi connectivity index (χ4n) is 2.08. The van der Waals surface area contributed by atoms with Crippen LogP contribution in [-0.4, -0.2) is 15.3 Å². The number of aromatic nitrogens is 2. The zero-order valence-electron chi connectivity index (χ0n) is 11.3. The van der Waals surface area contributed by atoms with Gasteiger partial charge in [0.05, 0.1) is 10.9 Å². The number of para-hydroxylation sites is 1. The highest BCUT2D eigenvalue weighted by Gasteiger charge is 2.07. The number of allylic oxidation sites excluding steroid dienone is 2. The second kappa shape index (κ2) is 6.14. The van der Waals surface area contributed by atoms with E-state index in [0.717, 1.165) is 4.57 Å². The van der Waals surface area contributed by atoms with Gasteiger partial charge in [-0.2, -0.15) is 0 Å². The van der Waals surface area contributed by atoms with E-state index < -0.39 is 5.69 Å². The molecular weight excluding hydrogens is 256 g/mol. The minimum atomic E-state index is -0.438. The minimum Gasteiger partial charge on any atom is -0.307 e. The molecule has 2 aromatic rings. The van der Waals surface area contributed by atoms with Gasteiger partial charge in [-0.05, 0) is 31.6 Å². The number of rotatable bonds is 5. The fourth-order valence-corrected chi connectivity index (χ4v) is 2.08. The second-order valence-electron chi connectivity index (χ2n) is 4.50. The molecule has 0 unspecified atom stereocenters. The van der Waals surface area contributed by atoms with Crippen LogP contribution in [0.4, 0.5) is 0 Å². The maximum atomic E-state index is 12.2. The van der Waals surface area contributed by atoms with E-state index in [1.807, 2.05) is 0 Å². The Labute approximate surface area is 115 Å². The standard InChI is InChI=1S/C15H16N2O3/c1-2-6-11(18)7-5-10-17-14(19)12-8-3-4-9-13(12)16-15(17)20/h2-4,6,8-9H,5,7,10H2,1H3,(H,16,20). The molecule has 0 aliphatic carbocycles. The molecule has 2 rings (SSSR count). The Morgan fingerprint density at radius 2 is 2.05 bits per heavy atom. The first-order chi connectivity index (χ1) is 9.63. The quantitative estimate of drug-likeness (QED) is 0.841. The third-order valence-corrected chi connectivity index (χ3v) is 3.05. The molecule has 0 radical (unpaired) electrons. The maximum Gasteiger partial charge on any atom is 0.328 e. The van der Waals surface area contributed by atoms with Crippen LogP contribution in [0.5, 0.6) is 0 Å². The third-order valence-electron chi connectivity index (χ3n) is 3.05. The molecule has 5 heteroatoms. The van der Waals surface area contributed by atoms with Crippen molar-refractivity contribution in [2.75, 3.05) is 0 Å². The first-order valence-electron chi connectivity index (χ1n) is 6.51. The Morgan fingerprint density at radius 1 is 1.30 bits per heavy atom. The van der Waals surface area contributed by atoms with Crippen molar-refractivity contribution in [2.24, 2.45) is 0 Å². The van der Waals surface area contributed by atoms with Gasteiger partial charge in [0.2, 0.25) is 0 Å². The molecule has 0 bridgehead atoms. The highest BCUT2D eigenvalue weighted by Crippen LogP contribution is 2.03. The van der Waals surface area contributed by atoms with Gasteiger partial charge in [-0.25, -0.2) is 4.79 Å². The number of benzene rings is 1. The largest absolute Gasteiger partial charge is 0.328 e. The first-order valence-corrected chi connectivity index (χ1v) is 6.51. The SMILES string of the molecule is CC=CC(=O)CCCn1c(=O)[nH]c2ccccc2c1=O. The molecule has 0 saturated carbocycles. The number of nitrogens with zero attached hydrogens (tertiary/aromatic N) is 1. The van der Waals surface area contributed by atoms with E-state index in [-0.39, 0.29) is 17.9 Å². The molecule has 0 aliphatic heterocycles. The number of aromatic amines is 1. The van der Waals surface area contributed by atoms with E-state index in [2.05, 4.69) is 4.98 Å². The second-order valence-corrected chi connectivity index (χ2v) is 4.50. The van der Waals surface area contributed by atoms with Gasteiger partial charge in [-0.15, -0.1) is 0 Å². The van der Waals surface area contributed by atoms with Crippen molar-refractivity contribution in [3.63, 3.8) is 0 Å². The van der Waals surface area contributed by atoms with Crippen molar-refractivity contribution in [3.8, 4) is 0 Å². The van der Waals surface area contributed by atoms with Crippen LogP contribution in [0.15, 0.2) is 46.0 Å². The monoisotopic (exact) mass is 272 g/mol. The van der Waals surface area contributed by atoms with Crippen molar-refractivity contribution < 1.29 is 4.79 Å². The number of H-pyrrole nitrogens is 1. The summed E-state index contributed by atoms with van der Waals surface area (Å²) >= 11 is 0. The Hall–Kier alpha value is -2.43. The fraction of sp³-hybridized carbons (Fsp3) is 0.267. The van der Waals surface area contributed by atoms with E-state index in [0.29, 0.717) is 23.7 Å². The summed E-state index contributed by atoms with van der Waals surface area (Å²) in [5.74, 6) is -0.00207. The molecule has 1 heterocycles. The average molecular weight is 272 g/mol. The van der Waals surface area contributed by atoms with Crippen LogP contribution in [0.1, 0.15) is 19.8 Å². The summed E-state index contributed by atoms with van der Waals surface area (Å²) in [7, 11) is 0. The minimum absolute atomic E-state index is 0.00207. The van der Waals surface area contributed by atoms with E-state index >= 15 is 0 Å². The number of carbonyl (C=O) groups is 1. The van der Waals surface area contributed by atoms with Crippen molar-refractivity contribution in [1.82, 2.24) is 9.55 Å². The van der Waals surface area contributed by atoms with Crippen LogP contribution in [-0.2, 0) is 11.3 Å². The number of ketones is 1. The molecule has 0 aliphatic rings. The van der Waals surface area contributed by atoms with E-state index in [9.17, 15) is 14.4 Å². The molecule has 0 saturated heterocycles. The highest BCUT2D eigenvalue weighted by molar-refractivity contribution is 5.89. The van der Waals surface area contributed by atoms with E-state index in [1.165, 1.54) is 6.08 Å². The molecule has 1 aromatic carbocycles. The molecule has 0 atom stereocenters. The molecule has 0 amide bonds. The molecule has 1 aromatic heterocycles. The van der Waals surface area contributed by atoms with Gasteiger partial charge in [-0.3, -0.25) is 14.2 Å². The topological polar surface area (TPSA) is 71.9 Å². The van der Waals surface area contributed by atoms with Crippen LogP contribution in [0, 0.1) is 0 Å². The summed E-state index contributed by atoms with van der Waals surface area (Å²) in [5.41, 5.74) is -0.223. The number of nitrogens with one attached hydrogen (secondary N) is 1. The van der Waals surface area contributed by atoms with Crippen LogP contribution in [0.2, 0.25) is 0 Å². The van der Waals surface area contributed by atoms with Gasteiger partial charge in [0, 0.05) is 13.0 Å². The zero-order valence-corrected chi connectivity index (χ0v) is 11.3. The molecule has 0 fully saturated rings. The van der Waals surface area contributed by atoms with E-state index in [4.69, 9.17) is 0 Å². The van der Waals surface area contributed by atoms with Crippen molar-refractivity contribution >= 4 is 16.7 Å². The molecular formula is C15H16N2O3. The predicted molar refractivity (Wildman–Crippen MR) is 77.9 cm³/mol. The lowest BCUT2D eigenvalue weighted by Gasteiger charge is -2.05. The Balaban J connectivity index is 2.25. The Kier molecular flexibility index (Phi) is 4.30. The van der Waals surface area contributed by atoms with Crippen molar-refractivity contribution in [3.05, 3.63) is 57.3 Å². The summed E-state index contributed by atoms with van der Waals surface area (Å²) in [6.45, 7) is 2.01. The van der Waals surface area contributed by atoms with Crippen molar-refractivity contribution in [1.29, 1.82) is 0 Å². The van der Waals surface area contributed by atoms with Gasteiger partial charge < -0.3 is 4.98 Å². The summed E-state index contributed by atoms with van der Waals surface area (Å²) in [5, 5.41) is 0.479. The number of hydrogen-bond acceptors (Lipinski definition) is 3. The molecule has 104 valence electrons. The van der Waals surface area contributed by atoms with Crippen LogP contribution < -0.4 is 11.2 Å². The number of carbonyl (C=O) groups excluding carboxylic acids is 1. The smallest absolute Gasteiger partial charge is 0.307 e. The van der Waals surface area contributed by atoms with Gasteiger partial charge >= 0.3 is 5.69 Å². The number of fused-ring (bicyclic) bond motifs is 1. The third kappa shape index (κ3) is 2.93. The van der Waals surface area contributed by atoms with E-state index in [1.54, 1.807) is 37.3 Å². The molecule has 1 N–H and O–H groups in total. The predicted octanol–water partition coefficient (Wildman–Crippen LogP) is 1.62. The Morgan fingerprint density at radius 3 is 2.80 bits per heavy atom. The summed E-state index contributed by atoms with van der Waals surface area (Å²) < 4.78 is 1.14. The average Bonchev–Trinajstić information content (AvgIpc) is 2.43. The van der Waals surface area contributed by atoms with Crippen LogP contribution in [0.25, 0.3) is 10.9 Å². The first kappa shape index (κ1) is 14.0. The lowest BCUT2D eigenvalue weighted by atomic mass is 10.2. The molecule has 0 spiro atoms. The number of hydrogen-bond donors (Lipinski definition) is 1. The van der Waals surface area contributed by atoms with Crippen LogP contribution in [0.3, 0.4) is 0 Å². The Bertz CT molecular complexity index is 769. The summed E-state index contributed by atoms with van der Waals surface area (Å²) in [6.07, 6.45) is 3.96. The van der Waals surface area contributed by atoms with Gasteiger partial charge in [0.25, 0.3) is 5.56 Å². The van der Waals surface area contributed by atoms with Crippen LogP contribution >= 0.6 is 0 Å². The van der Waals surface area contributed by atoms with Gasteiger partial charge in [0.15, 0.2) is 5.78 Å². The summed E-state index contributed by atoms with van der Waals surface area (Å²) in [4.78, 5) is 38.1. The normalized spacial score (nSPS) is 11.2. The highest BCUT2D eigenvalue weighted by atomic mass is 16.2. The van der Waals surface area contributed by atoms with Gasteiger partial charge in [-0.1, -0.05) is 18.2 Å². The lowest BCUT2D eigenvalue weighted by Crippen LogP contribution is -2.35. The lowest BCUT2D eigenvalue weighted by molar-refractivity contribution is -0.114. The molecule has 5 nitrogen and oxygen atoms in total. The van der Waals surface area contributed by atoms with Crippen molar-refractivity contribution in [2.45, 2.75) is 26.3 Å². The zero-order chi connectivity index (χ0) is 14.5. The molecule has 20 heavy (non-hydrogen) atoms.